The fraction of sp³-hybridized carbons (Fsp3) is 0.357. The van der Waals surface area contributed by atoms with Crippen LogP contribution in [0.15, 0.2) is 41.6 Å². The molecule has 0 aliphatic heterocycles. The Hall–Kier alpha value is -1.37. The molecule has 0 aliphatic carbocycles. The van der Waals surface area contributed by atoms with Gasteiger partial charge in [-0.05, 0) is 24.1 Å². The van der Waals surface area contributed by atoms with Crippen molar-refractivity contribution < 1.29 is 8.42 Å². The molecule has 0 fully saturated rings. The number of sulfonamides is 1. The summed E-state index contributed by atoms with van der Waals surface area (Å²) in [5.74, 6) is 1.21. The number of halogens is 1. The van der Waals surface area contributed by atoms with Gasteiger partial charge in [0.2, 0.25) is 10.0 Å². The maximum atomic E-state index is 12.5. The summed E-state index contributed by atoms with van der Waals surface area (Å²) in [4.78, 5) is 4.42. The first kappa shape index (κ1) is 16.0. The van der Waals surface area contributed by atoms with Gasteiger partial charge in [-0.3, -0.25) is 0 Å². The second-order valence-electron chi connectivity index (χ2n) is 4.80. The van der Waals surface area contributed by atoms with Crippen molar-refractivity contribution in [3.8, 4) is 0 Å². The van der Waals surface area contributed by atoms with Crippen LogP contribution in [0.3, 0.4) is 0 Å². The van der Waals surface area contributed by atoms with Gasteiger partial charge in [-0.25, -0.2) is 13.4 Å². The maximum Gasteiger partial charge on any atom is 0.243 e. The Bertz CT molecular complexity index is 695. The third-order valence-electron chi connectivity index (χ3n) is 3.30. The highest BCUT2D eigenvalue weighted by Gasteiger charge is 2.21. The van der Waals surface area contributed by atoms with E-state index in [2.05, 4.69) is 4.98 Å². The molecule has 114 valence electrons. The zero-order chi connectivity index (χ0) is 15.5. The molecule has 2 rings (SSSR count). The van der Waals surface area contributed by atoms with Crippen LogP contribution >= 0.6 is 11.6 Å². The molecule has 0 atom stereocenters. The highest BCUT2D eigenvalue weighted by molar-refractivity contribution is 7.89. The molecule has 7 heteroatoms. The standard InChI is InChI=1S/C14H18ClN3O2S/c1-17-10-9-16-14(17)11-18(2)21(19,20)13-5-3-12(4-6-13)7-8-15/h3-6,9-10H,7-8,11H2,1-2H3. The molecule has 0 aliphatic rings. The second-order valence-corrected chi connectivity index (χ2v) is 7.22. The van der Waals surface area contributed by atoms with Crippen LogP contribution in [0.2, 0.25) is 0 Å². The molecule has 21 heavy (non-hydrogen) atoms. The number of aryl methyl sites for hydroxylation is 2. The normalized spacial score (nSPS) is 12.0. The van der Waals surface area contributed by atoms with E-state index in [0.717, 1.165) is 12.0 Å². The second kappa shape index (κ2) is 6.60. The number of nitrogens with zero attached hydrogens (tertiary/aromatic N) is 3. The van der Waals surface area contributed by atoms with E-state index in [9.17, 15) is 8.42 Å². The highest BCUT2D eigenvalue weighted by Crippen LogP contribution is 2.17. The van der Waals surface area contributed by atoms with Crippen molar-refractivity contribution in [3.63, 3.8) is 0 Å². The minimum atomic E-state index is -3.52. The van der Waals surface area contributed by atoms with Gasteiger partial charge in [0.15, 0.2) is 0 Å². The summed E-state index contributed by atoms with van der Waals surface area (Å²) >= 11 is 5.67. The smallest absolute Gasteiger partial charge is 0.243 e. The first-order valence-electron chi connectivity index (χ1n) is 6.52. The molecule has 0 unspecified atom stereocenters. The molecule has 0 saturated carbocycles. The molecule has 0 amide bonds. The van der Waals surface area contributed by atoms with Gasteiger partial charge in [-0.2, -0.15) is 4.31 Å². The van der Waals surface area contributed by atoms with Crippen molar-refractivity contribution in [2.75, 3.05) is 12.9 Å². The van der Waals surface area contributed by atoms with Crippen molar-refractivity contribution in [3.05, 3.63) is 48.0 Å². The van der Waals surface area contributed by atoms with Crippen molar-refractivity contribution in [1.82, 2.24) is 13.9 Å². The van der Waals surface area contributed by atoms with Crippen LogP contribution in [0.5, 0.6) is 0 Å². The van der Waals surface area contributed by atoms with Gasteiger partial charge in [-0.1, -0.05) is 12.1 Å². The molecule has 0 spiro atoms. The molecular formula is C14H18ClN3O2S. The Morgan fingerprint density at radius 2 is 1.95 bits per heavy atom. The van der Waals surface area contributed by atoms with Crippen LogP contribution in [-0.2, 0) is 30.0 Å². The molecule has 0 radical (unpaired) electrons. The molecule has 0 saturated heterocycles. The molecular weight excluding hydrogens is 310 g/mol. The van der Waals surface area contributed by atoms with E-state index in [0.29, 0.717) is 11.7 Å². The molecule has 0 bridgehead atoms. The minimum Gasteiger partial charge on any atom is -0.337 e. The van der Waals surface area contributed by atoms with Crippen LogP contribution in [0.4, 0.5) is 0 Å². The van der Waals surface area contributed by atoms with E-state index in [-0.39, 0.29) is 11.4 Å². The first-order valence-corrected chi connectivity index (χ1v) is 8.50. The summed E-state index contributed by atoms with van der Waals surface area (Å²) in [6.07, 6.45) is 4.17. The summed E-state index contributed by atoms with van der Waals surface area (Å²) in [7, 11) is -0.127. The van der Waals surface area contributed by atoms with Crippen LogP contribution in [0, 0.1) is 0 Å². The number of alkyl halides is 1. The Kier molecular flexibility index (Phi) is 5.03. The van der Waals surface area contributed by atoms with E-state index in [1.165, 1.54) is 4.31 Å². The Balaban J connectivity index is 2.18. The van der Waals surface area contributed by atoms with Gasteiger partial charge in [-0.15, -0.1) is 11.6 Å². The predicted octanol–water partition coefficient (Wildman–Crippen LogP) is 2.02. The van der Waals surface area contributed by atoms with Crippen molar-refractivity contribution in [2.45, 2.75) is 17.9 Å². The van der Waals surface area contributed by atoms with Gasteiger partial charge in [0, 0.05) is 32.4 Å². The number of benzene rings is 1. The van der Waals surface area contributed by atoms with Crippen LogP contribution in [-0.4, -0.2) is 35.2 Å². The zero-order valence-electron chi connectivity index (χ0n) is 12.0. The van der Waals surface area contributed by atoms with Gasteiger partial charge in [0.1, 0.15) is 5.82 Å². The summed E-state index contributed by atoms with van der Waals surface area (Å²) < 4.78 is 28.1. The molecule has 2 aromatic rings. The van der Waals surface area contributed by atoms with Crippen LogP contribution in [0.25, 0.3) is 0 Å². The van der Waals surface area contributed by atoms with Crippen molar-refractivity contribution in [2.24, 2.45) is 7.05 Å². The fourth-order valence-corrected chi connectivity index (χ4v) is 3.29. The SMILES string of the molecule is CN(Cc1nccn1C)S(=O)(=O)c1ccc(CCCl)cc1. The number of imidazole rings is 1. The van der Waals surface area contributed by atoms with E-state index < -0.39 is 10.0 Å². The predicted molar refractivity (Wildman–Crippen MR) is 82.7 cm³/mol. The summed E-state index contributed by atoms with van der Waals surface area (Å²) in [5.41, 5.74) is 1.02. The zero-order valence-corrected chi connectivity index (χ0v) is 13.6. The number of rotatable bonds is 6. The topological polar surface area (TPSA) is 55.2 Å². The maximum absolute atomic E-state index is 12.5. The van der Waals surface area contributed by atoms with Crippen molar-refractivity contribution >= 4 is 21.6 Å². The average molecular weight is 328 g/mol. The average Bonchev–Trinajstić information content (AvgIpc) is 2.85. The van der Waals surface area contributed by atoms with Gasteiger partial charge < -0.3 is 4.57 Å². The Morgan fingerprint density at radius 1 is 1.29 bits per heavy atom. The first-order chi connectivity index (χ1) is 9.95. The van der Waals surface area contributed by atoms with Gasteiger partial charge in [0.25, 0.3) is 0 Å². The highest BCUT2D eigenvalue weighted by atomic mass is 35.5. The fourth-order valence-electron chi connectivity index (χ4n) is 1.95. The lowest BCUT2D eigenvalue weighted by Gasteiger charge is -2.17. The van der Waals surface area contributed by atoms with E-state index in [1.807, 2.05) is 7.05 Å². The third-order valence-corrected chi connectivity index (χ3v) is 5.31. The van der Waals surface area contributed by atoms with E-state index in [4.69, 9.17) is 11.6 Å². The van der Waals surface area contributed by atoms with Crippen LogP contribution in [0.1, 0.15) is 11.4 Å². The molecule has 1 heterocycles. The lowest BCUT2D eigenvalue weighted by atomic mass is 10.2. The molecule has 5 nitrogen and oxygen atoms in total. The molecule has 0 N–H and O–H groups in total. The lowest BCUT2D eigenvalue weighted by molar-refractivity contribution is 0.451. The summed E-state index contributed by atoms with van der Waals surface area (Å²) in [6.45, 7) is 0.231. The summed E-state index contributed by atoms with van der Waals surface area (Å²) in [5, 5.41) is 0. The van der Waals surface area contributed by atoms with Gasteiger partial charge in [0.05, 0.1) is 11.4 Å². The van der Waals surface area contributed by atoms with E-state index >= 15 is 0 Å². The summed E-state index contributed by atoms with van der Waals surface area (Å²) in [6, 6.07) is 6.83. The quantitative estimate of drug-likeness (QED) is 0.763. The van der Waals surface area contributed by atoms with Gasteiger partial charge >= 0.3 is 0 Å². The molecule has 1 aromatic carbocycles. The van der Waals surface area contributed by atoms with Crippen molar-refractivity contribution in [1.29, 1.82) is 0 Å². The lowest BCUT2D eigenvalue weighted by Crippen LogP contribution is -2.27. The largest absolute Gasteiger partial charge is 0.337 e. The van der Waals surface area contributed by atoms with Crippen LogP contribution < -0.4 is 0 Å². The Morgan fingerprint density at radius 3 is 2.48 bits per heavy atom. The number of aromatic nitrogens is 2. The molecule has 1 aromatic heterocycles. The van der Waals surface area contributed by atoms with E-state index in [1.54, 1.807) is 48.3 Å². The monoisotopic (exact) mass is 327 g/mol. The Labute approximate surface area is 130 Å². The third kappa shape index (κ3) is 3.64. The minimum absolute atomic E-state index is 0.231. The number of hydrogen-bond acceptors (Lipinski definition) is 3. The number of hydrogen-bond donors (Lipinski definition) is 0.